The Hall–Kier alpha value is -7.08. The van der Waals surface area contributed by atoms with Crippen LogP contribution in [0.3, 0.4) is 0 Å². The molecule has 5 nitrogen and oxygen atoms in total. The second-order valence-corrected chi connectivity index (χ2v) is 12.4. The van der Waals surface area contributed by atoms with Gasteiger partial charge in [0.25, 0.3) is 0 Å². The molecule has 0 amide bonds. The van der Waals surface area contributed by atoms with Crippen molar-refractivity contribution in [2.24, 2.45) is 0 Å². The van der Waals surface area contributed by atoms with Gasteiger partial charge in [-0.1, -0.05) is 84.9 Å². The third kappa shape index (κ3) is 3.85. The van der Waals surface area contributed by atoms with E-state index in [4.69, 9.17) is 4.42 Å². The summed E-state index contributed by atoms with van der Waals surface area (Å²) in [4.78, 5) is 0. The Morgan fingerprint density at radius 3 is 1.41 bits per heavy atom. The summed E-state index contributed by atoms with van der Waals surface area (Å²) in [6, 6.07) is 54.2. The molecule has 0 aliphatic carbocycles. The van der Waals surface area contributed by atoms with Gasteiger partial charge >= 0.3 is 0 Å². The van der Waals surface area contributed by atoms with E-state index in [0.29, 0.717) is 11.1 Å². The van der Waals surface area contributed by atoms with Crippen molar-refractivity contribution >= 4 is 65.6 Å². The number of nitrogens with zero attached hydrogens (tertiary/aromatic N) is 4. The monoisotopic (exact) mass is 624 g/mol. The number of aromatic nitrogens is 2. The van der Waals surface area contributed by atoms with Crippen molar-refractivity contribution in [2.75, 3.05) is 0 Å². The predicted molar refractivity (Wildman–Crippen MR) is 197 cm³/mol. The first kappa shape index (κ1) is 27.1. The molecule has 0 atom stereocenters. The molecular weight excluding hydrogens is 601 g/mol. The van der Waals surface area contributed by atoms with Crippen LogP contribution in [-0.4, -0.2) is 9.13 Å². The normalized spacial score (nSPS) is 11.6. The van der Waals surface area contributed by atoms with Gasteiger partial charge in [0.05, 0.1) is 44.6 Å². The van der Waals surface area contributed by atoms with Crippen molar-refractivity contribution in [3.8, 4) is 34.6 Å². The first-order chi connectivity index (χ1) is 24.2. The highest BCUT2D eigenvalue weighted by atomic mass is 16.3. The highest BCUT2D eigenvalue weighted by molar-refractivity contribution is 6.17. The topological polar surface area (TPSA) is 70.6 Å². The first-order valence-electron chi connectivity index (χ1n) is 16.1. The van der Waals surface area contributed by atoms with Crippen LogP contribution in [-0.2, 0) is 0 Å². The van der Waals surface area contributed by atoms with Gasteiger partial charge in [-0.25, -0.2) is 0 Å². The van der Waals surface area contributed by atoms with Gasteiger partial charge in [0, 0.05) is 38.4 Å². The molecule has 3 aromatic heterocycles. The van der Waals surface area contributed by atoms with Crippen LogP contribution in [0.1, 0.15) is 11.1 Å². The van der Waals surface area contributed by atoms with E-state index < -0.39 is 0 Å². The molecule has 5 heteroatoms. The number of hydrogen-bond donors (Lipinski definition) is 0. The first-order valence-corrected chi connectivity index (χ1v) is 16.1. The average molecular weight is 625 g/mol. The minimum atomic E-state index is 0.562. The number of hydrogen-bond acceptors (Lipinski definition) is 3. The number of benzene rings is 7. The number of para-hydroxylation sites is 4. The third-order valence-electron chi connectivity index (χ3n) is 9.80. The zero-order valence-electron chi connectivity index (χ0n) is 26.1. The summed E-state index contributed by atoms with van der Waals surface area (Å²) in [6.45, 7) is 0. The Bertz CT molecular complexity index is 3030. The van der Waals surface area contributed by atoms with Crippen molar-refractivity contribution in [1.29, 1.82) is 10.5 Å². The predicted octanol–water partition coefficient (Wildman–Crippen LogP) is 11.2. The minimum absolute atomic E-state index is 0.562. The second kappa shape index (κ2) is 10.2. The molecule has 3 heterocycles. The number of nitriles is 2. The molecule has 226 valence electrons. The van der Waals surface area contributed by atoms with Crippen molar-refractivity contribution < 1.29 is 4.42 Å². The van der Waals surface area contributed by atoms with Gasteiger partial charge in [0.15, 0.2) is 0 Å². The van der Waals surface area contributed by atoms with Crippen LogP contribution in [0.2, 0.25) is 0 Å². The lowest BCUT2D eigenvalue weighted by Gasteiger charge is -2.15. The summed E-state index contributed by atoms with van der Waals surface area (Å²) in [7, 11) is 0. The molecule has 0 aliphatic heterocycles. The highest BCUT2D eigenvalue weighted by Gasteiger charge is 2.20. The Kier molecular flexibility index (Phi) is 5.64. The van der Waals surface area contributed by atoms with E-state index in [9.17, 15) is 10.5 Å². The summed E-state index contributed by atoms with van der Waals surface area (Å²) in [5.41, 5.74) is 10.3. The smallest absolute Gasteiger partial charge is 0.137 e. The maximum atomic E-state index is 10.4. The standard InChI is InChI=1S/C44H24N4O/c45-25-29-19-17-27(21-40(29)47-37-13-5-1-9-31(37)32-10-2-6-14-38(32)47)28-18-20-30(26-46)41(22-28)48-39-15-7-3-11-33(39)35-23-36-34-12-4-8-16-43(34)49-44(36)24-42(35)48/h1-24H. The van der Waals surface area contributed by atoms with Crippen LogP contribution in [0.4, 0.5) is 0 Å². The van der Waals surface area contributed by atoms with Gasteiger partial charge in [0.1, 0.15) is 23.3 Å². The molecule has 0 fully saturated rings. The van der Waals surface area contributed by atoms with Crippen molar-refractivity contribution in [3.05, 3.63) is 157 Å². The van der Waals surface area contributed by atoms with E-state index in [1.54, 1.807) is 0 Å². The SMILES string of the molecule is N#Cc1ccc(-c2ccc(C#N)c(-n3c4ccccc4c4cc5c(cc43)oc3ccccc35)c2)cc1-n1c2ccccc2c2ccccc21. The summed E-state index contributed by atoms with van der Waals surface area (Å²) in [5.74, 6) is 0. The minimum Gasteiger partial charge on any atom is -0.456 e. The van der Waals surface area contributed by atoms with Crippen LogP contribution in [0.25, 0.3) is 88.1 Å². The molecule has 0 bridgehead atoms. The Balaban J connectivity index is 1.23. The van der Waals surface area contributed by atoms with Gasteiger partial charge in [0.2, 0.25) is 0 Å². The number of fused-ring (bicyclic) bond motifs is 9. The number of furan rings is 1. The molecular formula is C44H24N4O. The molecule has 7 aromatic carbocycles. The molecule has 0 saturated heterocycles. The average Bonchev–Trinajstić information content (AvgIpc) is 3.80. The van der Waals surface area contributed by atoms with E-state index in [-0.39, 0.29) is 0 Å². The van der Waals surface area contributed by atoms with E-state index in [0.717, 1.165) is 88.1 Å². The Labute approximate surface area is 280 Å². The van der Waals surface area contributed by atoms with Crippen LogP contribution >= 0.6 is 0 Å². The van der Waals surface area contributed by atoms with Gasteiger partial charge in [-0.05, 0) is 65.7 Å². The Morgan fingerprint density at radius 2 is 0.857 bits per heavy atom. The molecule has 10 rings (SSSR count). The molecule has 0 unspecified atom stereocenters. The number of rotatable bonds is 3. The molecule has 49 heavy (non-hydrogen) atoms. The van der Waals surface area contributed by atoms with Crippen molar-refractivity contribution in [2.45, 2.75) is 0 Å². The Morgan fingerprint density at radius 1 is 0.388 bits per heavy atom. The van der Waals surface area contributed by atoms with E-state index in [2.05, 4.69) is 94.1 Å². The third-order valence-corrected chi connectivity index (χ3v) is 9.80. The second-order valence-electron chi connectivity index (χ2n) is 12.4. The molecule has 0 spiro atoms. The lowest BCUT2D eigenvalue weighted by Crippen LogP contribution is -2.00. The van der Waals surface area contributed by atoms with Gasteiger partial charge < -0.3 is 13.6 Å². The van der Waals surface area contributed by atoms with E-state index in [1.165, 1.54) is 0 Å². The summed E-state index contributed by atoms with van der Waals surface area (Å²) in [5, 5.41) is 27.3. The largest absolute Gasteiger partial charge is 0.456 e. The van der Waals surface area contributed by atoms with E-state index >= 15 is 0 Å². The van der Waals surface area contributed by atoms with Crippen molar-refractivity contribution in [3.63, 3.8) is 0 Å². The van der Waals surface area contributed by atoms with E-state index in [1.807, 2.05) is 72.8 Å². The van der Waals surface area contributed by atoms with Crippen molar-refractivity contribution in [1.82, 2.24) is 9.13 Å². The van der Waals surface area contributed by atoms with Crippen LogP contribution in [0, 0.1) is 22.7 Å². The summed E-state index contributed by atoms with van der Waals surface area (Å²) >= 11 is 0. The maximum Gasteiger partial charge on any atom is 0.137 e. The summed E-state index contributed by atoms with van der Waals surface area (Å²) < 4.78 is 10.7. The lowest BCUT2D eigenvalue weighted by molar-refractivity contribution is 0.669. The van der Waals surface area contributed by atoms with Crippen LogP contribution in [0.15, 0.2) is 150 Å². The molecule has 0 N–H and O–H groups in total. The summed E-state index contributed by atoms with van der Waals surface area (Å²) in [6.07, 6.45) is 0. The molecule has 10 aromatic rings. The van der Waals surface area contributed by atoms with Crippen LogP contribution in [0.5, 0.6) is 0 Å². The van der Waals surface area contributed by atoms with Gasteiger partial charge in [-0.2, -0.15) is 10.5 Å². The fraction of sp³-hybridized carbons (Fsp3) is 0. The molecule has 0 saturated carbocycles. The quantitative estimate of drug-likeness (QED) is 0.196. The van der Waals surface area contributed by atoms with Gasteiger partial charge in [-0.15, -0.1) is 0 Å². The zero-order chi connectivity index (χ0) is 32.6. The molecule has 0 radical (unpaired) electrons. The lowest BCUT2D eigenvalue weighted by atomic mass is 9.99. The fourth-order valence-corrected chi connectivity index (χ4v) is 7.61. The molecule has 0 aliphatic rings. The maximum absolute atomic E-state index is 10.4. The zero-order valence-corrected chi connectivity index (χ0v) is 26.1. The highest BCUT2D eigenvalue weighted by Crippen LogP contribution is 2.40. The van der Waals surface area contributed by atoms with Gasteiger partial charge in [-0.3, -0.25) is 0 Å². The fourth-order valence-electron chi connectivity index (χ4n) is 7.61. The van der Waals surface area contributed by atoms with Crippen LogP contribution < -0.4 is 0 Å².